The number of amides is 1. The van der Waals surface area contributed by atoms with E-state index in [9.17, 15) is 9.59 Å². The molecule has 2 rings (SSSR count). The van der Waals surface area contributed by atoms with Crippen LogP contribution in [-0.2, 0) is 11.3 Å². The summed E-state index contributed by atoms with van der Waals surface area (Å²) in [6.07, 6.45) is 0. The molecule has 24 heavy (non-hydrogen) atoms. The van der Waals surface area contributed by atoms with E-state index in [4.69, 9.17) is 15.0 Å². The van der Waals surface area contributed by atoms with Crippen LogP contribution in [-0.4, -0.2) is 30.1 Å². The molecule has 1 heterocycles. The van der Waals surface area contributed by atoms with Crippen LogP contribution in [0.1, 0.15) is 40.5 Å². The number of ether oxygens (including phenoxy) is 1. The summed E-state index contributed by atoms with van der Waals surface area (Å²) in [5.41, 5.74) is 6.26. The van der Waals surface area contributed by atoms with Crippen molar-refractivity contribution in [1.82, 2.24) is 10.5 Å². The van der Waals surface area contributed by atoms with E-state index in [2.05, 4.69) is 10.5 Å². The summed E-state index contributed by atoms with van der Waals surface area (Å²) >= 11 is 0. The molecule has 2 aromatic rings. The predicted octanol–water partition coefficient (Wildman–Crippen LogP) is 1.75. The van der Waals surface area contributed by atoms with Crippen molar-refractivity contribution in [2.75, 3.05) is 13.1 Å². The molecule has 0 fully saturated rings. The maximum absolute atomic E-state index is 12.0. The van der Waals surface area contributed by atoms with Gasteiger partial charge in [0, 0.05) is 12.6 Å². The molecule has 1 aromatic carbocycles. The van der Waals surface area contributed by atoms with Crippen LogP contribution in [0, 0.1) is 5.41 Å². The third kappa shape index (κ3) is 4.92. The van der Waals surface area contributed by atoms with Gasteiger partial charge in [-0.05, 0) is 17.5 Å². The van der Waals surface area contributed by atoms with E-state index < -0.39 is 11.9 Å². The molecule has 0 atom stereocenters. The highest BCUT2D eigenvalue weighted by atomic mass is 16.6. The first-order valence-corrected chi connectivity index (χ1v) is 7.57. The van der Waals surface area contributed by atoms with Gasteiger partial charge in [-0.2, -0.15) is 0 Å². The number of rotatable bonds is 7. The quantitative estimate of drug-likeness (QED) is 0.748. The van der Waals surface area contributed by atoms with E-state index in [1.165, 1.54) is 6.07 Å². The molecule has 1 aromatic heterocycles. The fourth-order valence-corrected chi connectivity index (χ4v) is 1.75. The average Bonchev–Trinajstić information content (AvgIpc) is 3.09. The van der Waals surface area contributed by atoms with Gasteiger partial charge in [0.1, 0.15) is 6.61 Å². The third-order valence-electron chi connectivity index (χ3n) is 3.44. The number of nitrogens with one attached hydrogen (secondary N) is 1. The number of benzene rings is 1. The van der Waals surface area contributed by atoms with E-state index in [1.54, 1.807) is 0 Å². The summed E-state index contributed by atoms with van der Waals surface area (Å²) < 4.78 is 10.0. The van der Waals surface area contributed by atoms with Gasteiger partial charge in [-0.25, -0.2) is 4.79 Å². The standard InChI is InChI=1S/C17H21N3O4/c1-17(2,10-18)11-19-15(21)13-8-14(24-20-13)16(22)23-9-12-6-4-3-5-7-12/h3-8H,9-11,18H2,1-2H3,(H,19,21). The van der Waals surface area contributed by atoms with Crippen LogP contribution in [0.4, 0.5) is 0 Å². The Labute approximate surface area is 140 Å². The Morgan fingerprint density at radius 3 is 2.67 bits per heavy atom. The topological polar surface area (TPSA) is 107 Å². The smallest absolute Gasteiger partial charge is 0.377 e. The average molecular weight is 331 g/mol. The van der Waals surface area contributed by atoms with Gasteiger partial charge in [-0.3, -0.25) is 4.79 Å². The summed E-state index contributed by atoms with van der Waals surface area (Å²) in [6.45, 7) is 4.81. The molecule has 0 unspecified atom stereocenters. The van der Waals surface area contributed by atoms with Crippen molar-refractivity contribution in [3.05, 3.63) is 53.4 Å². The Balaban J connectivity index is 1.89. The van der Waals surface area contributed by atoms with Crippen LogP contribution in [0.15, 0.2) is 40.9 Å². The molecule has 1 amide bonds. The van der Waals surface area contributed by atoms with Crippen LogP contribution in [0.5, 0.6) is 0 Å². The van der Waals surface area contributed by atoms with Crippen molar-refractivity contribution < 1.29 is 18.8 Å². The molecule has 0 radical (unpaired) electrons. The SMILES string of the molecule is CC(C)(CN)CNC(=O)c1cc(C(=O)OCc2ccccc2)on1. The molecule has 0 aliphatic carbocycles. The second-order valence-corrected chi connectivity index (χ2v) is 6.19. The lowest BCUT2D eigenvalue weighted by Crippen LogP contribution is -2.38. The second-order valence-electron chi connectivity index (χ2n) is 6.19. The van der Waals surface area contributed by atoms with Gasteiger partial charge in [0.25, 0.3) is 5.91 Å². The van der Waals surface area contributed by atoms with Gasteiger partial charge in [-0.1, -0.05) is 49.3 Å². The summed E-state index contributed by atoms with van der Waals surface area (Å²) in [5, 5.41) is 6.31. The molecule has 7 nitrogen and oxygen atoms in total. The Morgan fingerprint density at radius 2 is 2.00 bits per heavy atom. The van der Waals surface area contributed by atoms with Crippen molar-refractivity contribution in [2.24, 2.45) is 11.1 Å². The van der Waals surface area contributed by atoms with Gasteiger partial charge in [0.05, 0.1) is 0 Å². The molecular formula is C17H21N3O4. The maximum Gasteiger partial charge on any atom is 0.377 e. The number of carbonyl (C=O) groups is 2. The summed E-state index contributed by atoms with van der Waals surface area (Å²) in [7, 11) is 0. The molecule has 7 heteroatoms. The normalized spacial score (nSPS) is 11.1. The van der Waals surface area contributed by atoms with Crippen molar-refractivity contribution >= 4 is 11.9 Å². The van der Waals surface area contributed by atoms with Crippen LogP contribution in [0.3, 0.4) is 0 Å². The van der Waals surface area contributed by atoms with E-state index in [-0.39, 0.29) is 23.5 Å². The molecule has 0 aliphatic heterocycles. The summed E-state index contributed by atoms with van der Waals surface area (Å²) in [4.78, 5) is 23.9. The molecule has 0 aliphatic rings. The van der Waals surface area contributed by atoms with Crippen molar-refractivity contribution in [3.63, 3.8) is 0 Å². The van der Waals surface area contributed by atoms with Crippen LogP contribution in [0.2, 0.25) is 0 Å². The van der Waals surface area contributed by atoms with Crippen LogP contribution >= 0.6 is 0 Å². The molecule has 0 bridgehead atoms. The van der Waals surface area contributed by atoms with Crippen molar-refractivity contribution in [3.8, 4) is 0 Å². The Hall–Kier alpha value is -2.67. The molecule has 128 valence electrons. The lowest BCUT2D eigenvalue weighted by Gasteiger charge is -2.22. The van der Waals surface area contributed by atoms with Gasteiger partial charge in [-0.15, -0.1) is 0 Å². The molecule has 0 spiro atoms. The monoisotopic (exact) mass is 331 g/mol. The number of esters is 1. The third-order valence-corrected chi connectivity index (χ3v) is 3.44. The lowest BCUT2D eigenvalue weighted by molar-refractivity contribution is 0.0425. The van der Waals surface area contributed by atoms with E-state index in [0.717, 1.165) is 5.56 Å². The number of aromatic nitrogens is 1. The fourth-order valence-electron chi connectivity index (χ4n) is 1.75. The van der Waals surface area contributed by atoms with E-state index in [1.807, 2.05) is 44.2 Å². The zero-order valence-electron chi connectivity index (χ0n) is 13.7. The Morgan fingerprint density at radius 1 is 1.29 bits per heavy atom. The molecule has 0 saturated heterocycles. The lowest BCUT2D eigenvalue weighted by atomic mass is 9.94. The summed E-state index contributed by atoms with van der Waals surface area (Å²) in [6, 6.07) is 10.5. The van der Waals surface area contributed by atoms with Crippen molar-refractivity contribution in [2.45, 2.75) is 20.5 Å². The van der Waals surface area contributed by atoms with Gasteiger partial charge in [0.2, 0.25) is 5.76 Å². The minimum atomic E-state index is -0.673. The van der Waals surface area contributed by atoms with Gasteiger partial charge < -0.3 is 20.3 Å². The Bertz CT molecular complexity index is 695. The number of nitrogens with two attached hydrogens (primary N) is 1. The van der Waals surface area contributed by atoms with Gasteiger partial charge in [0.15, 0.2) is 5.69 Å². The number of nitrogens with zero attached hydrogens (tertiary/aromatic N) is 1. The number of hydrogen-bond acceptors (Lipinski definition) is 6. The first-order chi connectivity index (χ1) is 11.4. The number of hydrogen-bond donors (Lipinski definition) is 2. The zero-order valence-corrected chi connectivity index (χ0v) is 13.7. The van der Waals surface area contributed by atoms with Gasteiger partial charge >= 0.3 is 5.97 Å². The van der Waals surface area contributed by atoms with Crippen molar-refractivity contribution in [1.29, 1.82) is 0 Å². The van der Waals surface area contributed by atoms with Crippen LogP contribution < -0.4 is 11.1 Å². The largest absolute Gasteiger partial charge is 0.455 e. The number of carbonyl (C=O) groups excluding carboxylic acids is 2. The minimum Gasteiger partial charge on any atom is -0.455 e. The Kier molecular flexibility index (Phi) is 5.70. The van der Waals surface area contributed by atoms with Crippen LogP contribution in [0.25, 0.3) is 0 Å². The zero-order chi connectivity index (χ0) is 17.6. The highest BCUT2D eigenvalue weighted by molar-refractivity contribution is 5.95. The van der Waals surface area contributed by atoms with E-state index >= 15 is 0 Å². The predicted molar refractivity (Wildman–Crippen MR) is 87.2 cm³/mol. The minimum absolute atomic E-state index is 0.0227. The van der Waals surface area contributed by atoms with E-state index in [0.29, 0.717) is 13.1 Å². The molecule has 0 saturated carbocycles. The highest BCUT2D eigenvalue weighted by Gasteiger charge is 2.21. The maximum atomic E-state index is 12.0. The molecule has 3 N–H and O–H groups in total. The highest BCUT2D eigenvalue weighted by Crippen LogP contribution is 2.12. The second kappa shape index (κ2) is 7.74. The fraction of sp³-hybridized carbons (Fsp3) is 0.353. The first-order valence-electron chi connectivity index (χ1n) is 7.57. The summed E-state index contributed by atoms with van der Waals surface area (Å²) in [5.74, 6) is -1.22. The first kappa shape index (κ1) is 17.7. The molecular weight excluding hydrogens is 310 g/mol.